The Bertz CT molecular complexity index is 1660. The number of benzene rings is 2. The smallest absolute Gasteiger partial charge is 0.349 e. The molecule has 0 spiro atoms. The van der Waals surface area contributed by atoms with Gasteiger partial charge in [0.1, 0.15) is 16.0 Å². The van der Waals surface area contributed by atoms with E-state index in [4.69, 9.17) is 0 Å². The number of alkyl halides is 3. The number of aromatic nitrogens is 5. The molecular weight excluding hydrogens is 513 g/mol. The number of nitrogens with one attached hydrogen (secondary N) is 2. The molecule has 13 heteroatoms. The molecule has 5 rings (SSSR count). The van der Waals surface area contributed by atoms with E-state index >= 15 is 0 Å². The summed E-state index contributed by atoms with van der Waals surface area (Å²) in [7, 11) is 0. The quantitative estimate of drug-likeness (QED) is 0.236. The van der Waals surface area contributed by atoms with Gasteiger partial charge in [0.25, 0.3) is 5.56 Å². The molecule has 0 atom stereocenters. The van der Waals surface area contributed by atoms with Crippen molar-refractivity contribution in [3.8, 4) is 5.69 Å². The van der Waals surface area contributed by atoms with E-state index in [0.717, 1.165) is 33.5 Å². The van der Waals surface area contributed by atoms with Gasteiger partial charge in [0.15, 0.2) is 5.16 Å². The Hall–Kier alpha value is -3.71. The molecule has 0 bridgehead atoms. The summed E-state index contributed by atoms with van der Waals surface area (Å²) in [6.45, 7) is 1.92. The first-order valence-corrected chi connectivity index (χ1v) is 12.5. The lowest BCUT2D eigenvalue weighted by atomic mass is 10.2. The van der Waals surface area contributed by atoms with Crippen LogP contribution in [0.25, 0.3) is 27.6 Å². The highest BCUT2D eigenvalue weighted by atomic mass is 32.2. The number of aryl methyl sites for hydroxylation is 1. The second kappa shape index (κ2) is 9.39. The number of halogens is 3. The van der Waals surface area contributed by atoms with Gasteiger partial charge in [-0.1, -0.05) is 54.3 Å². The number of rotatable bonds is 6. The third kappa shape index (κ3) is 4.58. The van der Waals surface area contributed by atoms with Crippen LogP contribution in [0.5, 0.6) is 0 Å². The molecule has 0 saturated carbocycles. The van der Waals surface area contributed by atoms with E-state index in [1.807, 2.05) is 6.92 Å². The van der Waals surface area contributed by atoms with Crippen molar-refractivity contribution in [2.24, 2.45) is 0 Å². The molecule has 8 nitrogen and oxygen atoms in total. The zero-order valence-electron chi connectivity index (χ0n) is 18.6. The molecule has 0 aliphatic carbocycles. The fraction of sp³-hybridized carbons (Fsp3) is 0.174. The van der Waals surface area contributed by atoms with Crippen LogP contribution in [0.15, 0.2) is 58.5 Å². The Kier molecular flexibility index (Phi) is 6.26. The molecule has 3 heterocycles. The largest absolute Gasteiger partial charge is 0.416 e. The molecule has 5 aromatic rings. The van der Waals surface area contributed by atoms with Gasteiger partial charge in [-0.2, -0.15) is 13.2 Å². The highest BCUT2D eigenvalue weighted by Crippen LogP contribution is 2.32. The van der Waals surface area contributed by atoms with Crippen LogP contribution in [0.2, 0.25) is 0 Å². The zero-order valence-corrected chi connectivity index (χ0v) is 20.2. The van der Waals surface area contributed by atoms with E-state index in [9.17, 15) is 22.8 Å². The fourth-order valence-corrected chi connectivity index (χ4v) is 5.12. The molecule has 0 radical (unpaired) electrons. The van der Waals surface area contributed by atoms with Crippen LogP contribution in [0.3, 0.4) is 0 Å². The van der Waals surface area contributed by atoms with Crippen molar-refractivity contribution >= 4 is 56.1 Å². The monoisotopic (exact) mass is 530 g/mol. The van der Waals surface area contributed by atoms with E-state index in [1.165, 1.54) is 23.5 Å². The molecule has 1 amide bonds. The molecule has 184 valence electrons. The van der Waals surface area contributed by atoms with E-state index in [2.05, 4.69) is 25.5 Å². The number of nitrogens with zero attached hydrogens (tertiary/aromatic N) is 4. The number of anilines is 1. The third-order valence-corrected chi connectivity index (χ3v) is 7.20. The standard InChI is InChI=1S/C23H17F3N6O2S2/c1-2-17-30-31-21(36-17)28-16(33)11-35-22-29-18-14-8-3-4-9-15(14)27-19(18)20(34)32(22)13-7-5-6-12(10-13)23(24,25)26/h3-10,27H,2,11H2,1H3,(H,28,31,33). The molecule has 2 N–H and O–H groups in total. The highest BCUT2D eigenvalue weighted by molar-refractivity contribution is 7.99. The lowest BCUT2D eigenvalue weighted by molar-refractivity contribution is -0.137. The van der Waals surface area contributed by atoms with Gasteiger partial charge in [-0.15, -0.1) is 10.2 Å². The molecule has 0 saturated heterocycles. The summed E-state index contributed by atoms with van der Waals surface area (Å²) in [6.07, 6.45) is -3.91. The van der Waals surface area contributed by atoms with Gasteiger partial charge in [0, 0.05) is 10.9 Å². The molecular formula is C23H17F3N6O2S2. The van der Waals surface area contributed by atoms with Gasteiger partial charge in [0.05, 0.1) is 17.0 Å². The first-order chi connectivity index (χ1) is 17.2. The Balaban J connectivity index is 1.58. The number of H-pyrrole nitrogens is 1. The van der Waals surface area contributed by atoms with E-state index in [0.29, 0.717) is 28.0 Å². The predicted molar refractivity (Wildman–Crippen MR) is 133 cm³/mol. The molecule has 3 aromatic heterocycles. The summed E-state index contributed by atoms with van der Waals surface area (Å²) in [5, 5.41) is 12.4. The summed E-state index contributed by atoms with van der Waals surface area (Å²) in [6, 6.07) is 11.6. The Morgan fingerprint density at radius 1 is 1.17 bits per heavy atom. The van der Waals surface area contributed by atoms with Crippen molar-refractivity contribution in [2.75, 3.05) is 11.1 Å². The van der Waals surface area contributed by atoms with Crippen molar-refractivity contribution in [3.63, 3.8) is 0 Å². The van der Waals surface area contributed by atoms with Crippen LogP contribution < -0.4 is 10.9 Å². The third-order valence-electron chi connectivity index (χ3n) is 5.27. The Morgan fingerprint density at radius 2 is 1.97 bits per heavy atom. The maximum Gasteiger partial charge on any atom is 0.416 e. The normalized spacial score (nSPS) is 11.9. The first kappa shape index (κ1) is 24.0. The minimum Gasteiger partial charge on any atom is -0.349 e. The number of thioether (sulfide) groups is 1. The van der Waals surface area contributed by atoms with Crippen LogP contribution >= 0.6 is 23.1 Å². The molecule has 2 aromatic carbocycles. The summed E-state index contributed by atoms with van der Waals surface area (Å²) < 4.78 is 41.3. The average molecular weight is 531 g/mol. The molecule has 36 heavy (non-hydrogen) atoms. The van der Waals surface area contributed by atoms with Crippen LogP contribution in [0.4, 0.5) is 18.3 Å². The van der Waals surface area contributed by atoms with Crippen molar-refractivity contribution in [3.05, 3.63) is 69.5 Å². The number of aromatic amines is 1. The van der Waals surface area contributed by atoms with Crippen molar-refractivity contribution in [1.29, 1.82) is 0 Å². The predicted octanol–water partition coefficient (Wildman–Crippen LogP) is 5.03. The summed E-state index contributed by atoms with van der Waals surface area (Å²) in [5.41, 5.74) is -0.296. The van der Waals surface area contributed by atoms with Crippen LogP contribution in [0.1, 0.15) is 17.5 Å². The number of fused-ring (bicyclic) bond motifs is 3. The van der Waals surface area contributed by atoms with Gasteiger partial charge in [-0.05, 0) is 30.7 Å². The average Bonchev–Trinajstić information content (AvgIpc) is 3.47. The van der Waals surface area contributed by atoms with Gasteiger partial charge < -0.3 is 4.98 Å². The number of carbonyl (C=O) groups is 1. The van der Waals surface area contributed by atoms with Gasteiger partial charge >= 0.3 is 6.18 Å². The van der Waals surface area contributed by atoms with Crippen molar-refractivity contribution in [2.45, 2.75) is 24.7 Å². The topological polar surface area (TPSA) is 106 Å². The van der Waals surface area contributed by atoms with Crippen LogP contribution in [-0.2, 0) is 17.4 Å². The molecule has 0 aliphatic heterocycles. The maximum atomic E-state index is 13.5. The van der Waals surface area contributed by atoms with Gasteiger partial charge in [0.2, 0.25) is 11.0 Å². The number of carbonyl (C=O) groups excluding carboxylic acids is 1. The minimum absolute atomic E-state index is 0.0116. The summed E-state index contributed by atoms with van der Waals surface area (Å²) in [5.74, 6) is -0.567. The fourth-order valence-electron chi connectivity index (χ4n) is 3.62. The van der Waals surface area contributed by atoms with Crippen molar-refractivity contribution < 1.29 is 18.0 Å². The Morgan fingerprint density at radius 3 is 2.72 bits per heavy atom. The van der Waals surface area contributed by atoms with Gasteiger partial charge in [-0.3, -0.25) is 19.5 Å². The van der Waals surface area contributed by atoms with Crippen LogP contribution in [-0.4, -0.2) is 36.4 Å². The lowest BCUT2D eigenvalue weighted by Crippen LogP contribution is -2.23. The number of hydrogen-bond acceptors (Lipinski definition) is 7. The van der Waals surface area contributed by atoms with E-state index in [-0.39, 0.29) is 22.1 Å². The minimum atomic E-state index is -4.59. The number of hydrogen-bond donors (Lipinski definition) is 2. The number of amides is 1. The maximum absolute atomic E-state index is 13.5. The molecule has 0 fully saturated rings. The number of para-hydroxylation sites is 1. The second-order valence-electron chi connectivity index (χ2n) is 7.67. The summed E-state index contributed by atoms with van der Waals surface area (Å²) >= 11 is 2.19. The van der Waals surface area contributed by atoms with E-state index < -0.39 is 23.2 Å². The second-order valence-corrected chi connectivity index (χ2v) is 9.67. The lowest BCUT2D eigenvalue weighted by Gasteiger charge is -2.14. The SMILES string of the molecule is CCc1nnc(NC(=O)CSc2nc3c([nH]c4ccccc43)c(=O)n2-c2cccc(C(F)(F)F)c2)s1. The van der Waals surface area contributed by atoms with E-state index in [1.54, 1.807) is 24.3 Å². The first-order valence-electron chi connectivity index (χ1n) is 10.7. The zero-order chi connectivity index (χ0) is 25.4. The Labute approximate surface area is 209 Å². The molecule has 0 unspecified atom stereocenters. The van der Waals surface area contributed by atoms with Crippen molar-refractivity contribution in [1.82, 2.24) is 24.7 Å². The highest BCUT2D eigenvalue weighted by Gasteiger charge is 2.31. The van der Waals surface area contributed by atoms with Crippen LogP contribution in [0, 0.1) is 0 Å². The molecule has 0 aliphatic rings. The summed E-state index contributed by atoms with van der Waals surface area (Å²) in [4.78, 5) is 33.7. The van der Waals surface area contributed by atoms with Gasteiger partial charge in [-0.25, -0.2) is 4.98 Å².